The molecule has 1 saturated heterocycles. The average molecular weight is 198 g/mol. The van der Waals surface area contributed by atoms with E-state index >= 15 is 0 Å². The van der Waals surface area contributed by atoms with Crippen molar-refractivity contribution in [2.45, 2.75) is 52.2 Å². The van der Waals surface area contributed by atoms with Crippen LogP contribution in [0.5, 0.6) is 0 Å². The molecule has 2 nitrogen and oxygen atoms in total. The van der Waals surface area contributed by atoms with E-state index in [0.717, 1.165) is 38.9 Å². The largest absolute Gasteiger partial charge is 0.348 e. The van der Waals surface area contributed by atoms with Crippen molar-refractivity contribution in [3.05, 3.63) is 11.6 Å². The fourth-order valence-electron chi connectivity index (χ4n) is 1.71. The van der Waals surface area contributed by atoms with Crippen LogP contribution in [0.2, 0.25) is 0 Å². The van der Waals surface area contributed by atoms with Gasteiger partial charge in [0.15, 0.2) is 5.79 Å². The molecule has 0 aromatic heterocycles. The number of hydrogen-bond donors (Lipinski definition) is 0. The highest BCUT2D eigenvalue weighted by Crippen LogP contribution is 2.28. The molecule has 0 saturated carbocycles. The van der Waals surface area contributed by atoms with Crippen LogP contribution < -0.4 is 0 Å². The minimum absolute atomic E-state index is 0.273. The van der Waals surface area contributed by atoms with Crippen molar-refractivity contribution < 1.29 is 9.47 Å². The van der Waals surface area contributed by atoms with Crippen molar-refractivity contribution in [1.82, 2.24) is 0 Å². The van der Waals surface area contributed by atoms with Crippen LogP contribution in [0.1, 0.15) is 46.5 Å². The summed E-state index contributed by atoms with van der Waals surface area (Å²) in [6, 6.07) is 0. The summed E-state index contributed by atoms with van der Waals surface area (Å²) in [4.78, 5) is 0. The van der Waals surface area contributed by atoms with E-state index in [4.69, 9.17) is 9.47 Å². The van der Waals surface area contributed by atoms with Crippen LogP contribution in [-0.4, -0.2) is 19.0 Å². The minimum Gasteiger partial charge on any atom is -0.348 e. The Morgan fingerprint density at radius 3 is 2.43 bits per heavy atom. The molecule has 1 rings (SSSR count). The maximum atomic E-state index is 5.65. The van der Waals surface area contributed by atoms with Gasteiger partial charge in [0, 0.05) is 6.42 Å². The molecule has 1 aliphatic rings. The van der Waals surface area contributed by atoms with E-state index in [0.29, 0.717) is 0 Å². The predicted molar refractivity (Wildman–Crippen MR) is 58.2 cm³/mol. The summed E-state index contributed by atoms with van der Waals surface area (Å²) in [5.74, 6) is -0.273. The molecule has 1 aliphatic heterocycles. The first kappa shape index (κ1) is 11.7. The van der Waals surface area contributed by atoms with Crippen molar-refractivity contribution >= 4 is 0 Å². The van der Waals surface area contributed by atoms with Crippen LogP contribution in [-0.2, 0) is 9.47 Å². The predicted octanol–water partition coefficient (Wildman–Crippen LogP) is 3.28. The lowest BCUT2D eigenvalue weighted by Gasteiger charge is -2.25. The normalized spacial score (nSPS) is 21.5. The van der Waals surface area contributed by atoms with Gasteiger partial charge in [0.2, 0.25) is 0 Å². The molecule has 0 radical (unpaired) electrons. The van der Waals surface area contributed by atoms with Crippen LogP contribution in [0, 0.1) is 0 Å². The molecule has 0 amide bonds. The summed E-state index contributed by atoms with van der Waals surface area (Å²) < 4.78 is 11.3. The lowest BCUT2D eigenvalue weighted by atomic mass is 10.1. The van der Waals surface area contributed by atoms with Gasteiger partial charge >= 0.3 is 0 Å². The molecule has 14 heavy (non-hydrogen) atoms. The molecule has 82 valence electrons. The number of ether oxygens (including phenoxy) is 2. The van der Waals surface area contributed by atoms with Gasteiger partial charge in [0.05, 0.1) is 13.2 Å². The monoisotopic (exact) mass is 198 g/mol. The van der Waals surface area contributed by atoms with E-state index in [2.05, 4.69) is 26.8 Å². The maximum Gasteiger partial charge on any atom is 0.168 e. The molecule has 0 spiro atoms. The average Bonchev–Trinajstić information content (AvgIpc) is 2.67. The summed E-state index contributed by atoms with van der Waals surface area (Å²) in [6.45, 7) is 8.00. The number of hydrogen-bond acceptors (Lipinski definition) is 2. The van der Waals surface area contributed by atoms with Gasteiger partial charge in [0.25, 0.3) is 0 Å². The van der Waals surface area contributed by atoms with Gasteiger partial charge < -0.3 is 9.47 Å². The van der Waals surface area contributed by atoms with Gasteiger partial charge in [-0.15, -0.1) is 0 Å². The van der Waals surface area contributed by atoms with E-state index in [1.165, 1.54) is 5.57 Å². The van der Waals surface area contributed by atoms with E-state index in [9.17, 15) is 0 Å². The highest BCUT2D eigenvalue weighted by Gasteiger charge is 2.33. The topological polar surface area (TPSA) is 18.5 Å². The zero-order valence-electron chi connectivity index (χ0n) is 9.64. The van der Waals surface area contributed by atoms with Crippen LogP contribution in [0.3, 0.4) is 0 Å². The zero-order chi connectivity index (χ0) is 10.4. The third-order valence-electron chi connectivity index (χ3n) is 2.93. The molecule has 1 fully saturated rings. The Morgan fingerprint density at radius 1 is 1.29 bits per heavy atom. The molecular weight excluding hydrogens is 176 g/mol. The first-order valence-electron chi connectivity index (χ1n) is 5.66. The van der Waals surface area contributed by atoms with Crippen LogP contribution in [0.25, 0.3) is 0 Å². The Kier molecular flexibility index (Phi) is 4.63. The molecule has 0 aromatic rings. The van der Waals surface area contributed by atoms with Gasteiger partial charge in [-0.2, -0.15) is 0 Å². The van der Waals surface area contributed by atoms with Crippen molar-refractivity contribution in [2.24, 2.45) is 0 Å². The molecule has 1 heterocycles. The van der Waals surface area contributed by atoms with Gasteiger partial charge in [0.1, 0.15) is 0 Å². The quantitative estimate of drug-likeness (QED) is 0.631. The first-order valence-corrected chi connectivity index (χ1v) is 5.66. The third-order valence-corrected chi connectivity index (χ3v) is 2.93. The fraction of sp³-hybridized carbons (Fsp3) is 0.833. The molecule has 0 N–H and O–H groups in total. The highest BCUT2D eigenvalue weighted by molar-refractivity contribution is 4.97. The van der Waals surface area contributed by atoms with Gasteiger partial charge in [-0.1, -0.05) is 25.5 Å². The number of rotatable bonds is 5. The lowest BCUT2D eigenvalue weighted by Crippen LogP contribution is -2.28. The maximum absolute atomic E-state index is 5.65. The highest BCUT2D eigenvalue weighted by atomic mass is 16.7. The van der Waals surface area contributed by atoms with E-state index in [-0.39, 0.29) is 5.79 Å². The Labute approximate surface area is 87.3 Å². The number of allylic oxidation sites excluding steroid dienone is 2. The SMILES string of the molecule is CC/C(C)=C/CCC1(CC)OCCO1. The summed E-state index contributed by atoms with van der Waals surface area (Å²) in [6.07, 6.45) is 6.43. The molecular formula is C12H22O2. The van der Waals surface area contributed by atoms with Crippen LogP contribution in [0.15, 0.2) is 11.6 Å². The Hall–Kier alpha value is -0.340. The standard InChI is InChI=1S/C12H22O2/c1-4-11(3)7-6-8-12(5-2)13-9-10-14-12/h7H,4-6,8-10H2,1-3H3/b11-7+. The fourth-order valence-corrected chi connectivity index (χ4v) is 1.71. The third kappa shape index (κ3) is 3.10. The van der Waals surface area contributed by atoms with E-state index in [1.807, 2.05) is 0 Å². The smallest absolute Gasteiger partial charge is 0.168 e. The second kappa shape index (κ2) is 5.52. The second-order valence-corrected chi connectivity index (χ2v) is 3.90. The van der Waals surface area contributed by atoms with Gasteiger partial charge in [-0.3, -0.25) is 0 Å². The van der Waals surface area contributed by atoms with Crippen molar-refractivity contribution in [2.75, 3.05) is 13.2 Å². The van der Waals surface area contributed by atoms with Gasteiger partial charge in [-0.05, 0) is 26.2 Å². The van der Waals surface area contributed by atoms with E-state index in [1.54, 1.807) is 0 Å². The van der Waals surface area contributed by atoms with E-state index < -0.39 is 0 Å². The molecule has 0 bridgehead atoms. The summed E-state index contributed by atoms with van der Waals surface area (Å²) in [7, 11) is 0. The summed E-state index contributed by atoms with van der Waals surface area (Å²) >= 11 is 0. The first-order chi connectivity index (χ1) is 6.72. The molecule has 2 heteroatoms. The molecule has 0 aliphatic carbocycles. The van der Waals surface area contributed by atoms with Crippen molar-refractivity contribution in [3.63, 3.8) is 0 Å². The summed E-state index contributed by atoms with van der Waals surface area (Å²) in [5, 5.41) is 0. The van der Waals surface area contributed by atoms with Crippen molar-refractivity contribution in [1.29, 1.82) is 0 Å². The Morgan fingerprint density at radius 2 is 1.93 bits per heavy atom. The van der Waals surface area contributed by atoms with Crippen LogP contribution in [0.4, 0.5) is 0 Å². The van der Waals surface area contributed by atoms with Crippen molar-refractivity contribution in [3.8, 4) is 0 Å². The zero-order valence-corrected chi connectivity index (χ0v) is 9.64. The van der Waals surface area contributed by atoms with Gasteiger partial charge in [-0.25, -0.2) is 0 Å². The van der Waals surface area contributed by atoms with Crippen LogP contribution >= 0.6 is 0 Å². The Balaban J connectivity index is 2.34. The molecule has 0 aromatic carbocycles. The second-order valence-electron chi connectivity index (χ2n) is 3.90. The Bertz CT molecular complexity index is 190. The lowest BCUT2D eigenvalue weighted by molar-refractivity contribution is -0.162. The molecule has 0 atom stereocenters. The molecule has 0 unspecified atom stereocenters. The summed E-state index contributed by atoms with van der Waals surface area (Å²) in [5.41, 5.74) is 1.45. The minimum atomic E-state index is -0.273.